The molecule has 2 rings (SSSR count). The number of hydrogen-bond donors (Lipinski definition) is 2. The van der Waals surface area contributed by atoms with E-state index < -0.39 is 5.91 Å². The number of nitrogens with zero attached hydrogens (tertiary/aromatic N) is 1. The first-order valence-electron chi connectivity index (χ1n) is 7.22. The Morgan fingerprint density at radius 1 is 1.21 bits per heavy atom. The molecule has 126 valence electrons. The van der Waals surface area contributed by atoms with Gasteiger partial charge in [0.2, 0.25) is 5.91 Å². The molecule has 0 aliphatic carbocycles. The van der Waals surface area contributed by atoms with Crippen LogP contribution in [0.2, 0.25) is 0 Å². The van der Waals surface area contributed by atoms with Crippen molar-refractivity contribution >= 4 is 29.4 Å². The number of halogens is 1. The Kier molecular flexibility index (Phi) is 6.20. The second-order valence-corrected chi connectivity index (χ2v) is 6.18. The molecule has 0 fully saturated rings. The van der Waals surface area contributed by atoms with Crippen molar-refractivity contribution in [3.8, 4) is 0 Å². The zero-order chi connectivity index (χ0) is 17.5. The molecule has 0 bridgehead atoms. The molecule has 3 N–H and O–H groups in total. The number of primary amides is 1. The summed E-state index contributed by atoms with van der Waals surface area (Å²) in [4.78, 5) is 25.4. The maximum Gasteiger partial charge on any atom is 0.321 e. The molecule has 0 unspecified atom stereocenters. The molecule has 7 heteroatoms. The molecule has 24 heavy (non-hydrogen) atoms. The fourth-order valence-corrected chi connectivity index (χ4v) is 2.78. The predicted molar refractivity (Wildman–Crippen MR) is 93.2 cm³/mol. The van der Waals surface area contributed by atoms with Gasteiger partial charge in [0.15, 0.2) is 0 Å². The number of carbonyl (C=O) groups excluding carboxylic acids is 2. The highest BCUT2D eigenvalue weighted by atomic mass is 32.2. The molecule has 0 spiro atoms. The van der Waals surface area contributed by atoms with Gasteiger partial charge in [-0.2, -0.15) is 0 Å². The zero-order valence-electron chi connectivity index (χ0n) is 13.2. The van der Waals surface area contributed by atoms with Gasteiger partial charge in [0.1, 0.15) is 5.82 Å². The molecule has 0 saturated heterocycles. The Morgan fingerprint density at radius 3 is 2.67 bits per heavy atom. The van der Waals surface area contributed by atoms with E-state index in [9.17, 15) is 14.0 Å². The summed E-state index contributed by atoms with van der Waals surface area (Å²) in [5, 5.41) is 2.79. The lowest BCUT2D eigenvalue weighted by molar-refractivity contribution is -0.115. The maximum absolute atomic E-state index is 13.2. The van der Waals surface area contributed by atoms with Crippen molar-refractivity contribution in [2.75, 3.05) is 18.1 Å². The number of nitrogens with two attached hydrogens (primary N) is 1. The number of thioether (sulfide) groups is 1. The number of benzene rings is 2. The van der Waals surface area contributed by atoms with Crippen molar-refractivity contribution in [2.24, 2.45) is 5.73 Å². The van der Waals surface area contributed by atoms with Gasteiger partial charge < -0.3 is 16.0 Å². The Labute approximate surface area is 144 Å². The average Bonchev–Trinajstić information content (AvgIpc) is 2.54. The first-order chi connectivity index (χ1) is 11.5. The number of urea groups is 1. The van der Waals surface area contributed by atoms with E-state index in [1.54, 1.807) is 37.4 Å². The molecule has 2 aromatic rings. The van der Waals surface area contributed by atoms with Crippen LogP contribution in [0.5, 0.6) is 0 Å². The minimum Gasteiger partial charge on any atom is -0.369 e. The zero-order valence-corrected chi connectivity index (χ0v) is 14.0. The molecular formula is C17H18FN3O2S. The number of nitrogens with one attached hydrogen (secondary N) is 1. The van der Waals surface area contributed by atoms with Crippen molar-refractivity contribution in [1.82, 2.24) is 4.90 Å². The standard InChI is InChI=1S/C17H18FN3O2S/c1-21(10-12-5-4-6-13(18)9-12)17(23)20-14-7-2-3-8-15(14)24-11-16(19)22/h2-9H,10-11H2,1H3,(H2,19,22)(H,20,23). The van der Waals surface area contributed by atoms with Crippen molar-refractivity contribution in [2.45, 2.75) is 11.4 Å². The van der Waals surface area contributed by atoms with Crippen molar-refractivity contribution in [3.05, 3.63) is 59.9 Å². The van der Waals surface area contributed by atoms with Gasteiger partial charge in [0.05, 0.1) is 11.4 Å². The van der Waals surface area contributed by atoms with Gasteiger partial charge >= 0.3 is 6.03 Å². The summed E-state index contributed by atoms with van der Waals surface area (Å²) in [5.74, 6) is -0.634. The van der Waals surface area contributed by atoms with Crippen LogP contribution in [-0.4, -0.2) is 29.6 Å². The van der Waals surface area contributed by atoms with Gasteiger partial charge in [0.25, 0.3) is 0 Å². The molecule has 0 aromatic heterocycles. The van der Waals surface area contributed by atoms with Crippen LogP contribution in [0.15, 0.2) is 53.4 Å². The molecule has 2 aromatic carbocycles. The van der Waals surface area contributed by atoms with Crippen LogP contribution in [0, 0.1) is 5.82 Å². The van der Waals surface area contributed by atoms with Gasteiger partial charge in [-0.05, 0) is 29.8 Å². The Bertz CT molecular complexity index is 739. The van der Waals surface area contributed by atoms with Gasteiger partial charge in [-0.25, -0.2) is 9.18 Å². The summed E-state index contributed by atoms with van der Waals surface area (Å²) in [6.07, 6.45) is 0. The van der Waals surface area contributed by atoms with Gasteiger partial charge in [0, 0.05) is 18.5 Å². The van der Waals surface area contributed by atoms with Crippen molar-refractivity contribution < 1.29 is 14.0 Å². The Hall–Kier alpha value is -2.54. The molecule has 0 saturated carbocycles. The van der Waals surface area contributed by atoms with Crippen LogP contribution in [0.1, 0.15) is 5.56 Å². The third kappa shape index (κ3) is 5.27. The third-order valence-corrected chi connectivity index (χ3v) is 4.25. The average molecular weight is 347 g/mol. The van der Waals surface area contributed by atoms with Gasteiger partial charge in [-0.1, -0.05) is 24.3 Å². The number of amides is 3. The molecule has 0 radical (unpaired) electrons. The van der Waals surface area contributed by atoms with Crippen LogP contribution in [0.25, 0.3) is 0 Å². The smallest absolute Gasteiger partial charge is 0.321 e. The fraction of sp³-hybridized carbons (Fsp3) is 0.176. The van der Waals surface area contributed by atoms with E-state index in [1.807, 2.05) is 6.07 Å². The first kappa shape index (κ1) is 17.8. The van der Waals surface area contributed by atoms with Crippen LogP contribution >= 0.6 is 11.8 Å². The van der Waals surface area contributed by atoms with E-state index in [1.165, 1.54) is 28.8 Å². The predicted octanol–water partition coefficient (Wildman–Crippen LogP) is 3.07. The highest BCUT2D eigenvalue weighted by Crippen LogP contribution is 2.27. The fourth-order valence-electron chi connectivity index (χ4n) is 2.04. The van der Waals surface area contributed by atoms with Gasteiger partial charge in [-0.3, -0.25) is 4.79 Å². The molecule has 0 atom stereocenters. The SMILES string of the molecule is CN(Cc1cccc(F)c1)C(=O)Nc1ccccc1SCC(N)=O. The summed E-state index contributed by atoms with van der Waals surface area (Å²) in [6.45, 7) is 0.278. The Balaban J connectivity index is 2.02. The number of para-hydroxylation sites is 1. The second kappa shape index (κ2) is 8.35. The maximum atomic E-state index is 13.2. The quantitative estimate of drug-likeness (QED) is 0.789. The molecule has 0 aliphatic heterocycles. The Morgan fingerprint density at radius 2 is 1.96 bits per heavy atom. The van der Waals surface area contributed by atoms with E-state index in [0.29, 0.717) is 11.3 Å². The lowest BCUT2D eigenvalue weighted by Crippen LogP contribution is -2.31. The van der Waals surface area contributed by atoms with Crippen molar-refractivity contribution in [3.63, 3.8) is 0 Å². The molecule has 5 nitrogen and oxygen atoms in total. The van der Waals surface area contributed by atoms with Crippen LogP contribution in [-0.2, 0) is 11.3 Å². The molecule has 0 heterocycles. The first-order valence-corrected chi connectivity index (χ1v) is 8.21. The van der Waals surface area contributed by atoms with Crippen LogP contribution in [0.3, 0.4) is 0 Å². The minimum atomic E-state index is -0.427. The topological polar surface area (TPSA) is 75.4 Å². The summed E-state index contributed by atoms with van der Waals surface area (Å²) >= 11 is 1.26. The van der Waals surface area contributed by atoms with E-state index in [2.05, 4.69) is 5.32 Å². The second-order valence-electron chi connectivity index (χ2n) is 5.17. The minimum absolute atomic E-state index is 0.131. The summed E-state index contributed by atoms with van der Waals surface area (Å²) < 4.78 is 13.2. The molecular weight excluding hydrogens is 329 g/mol. The van der Waals surface area contributed by atoms with Crippen LogP contribution in [0.4, 0.5) is 14.9 Å². The summed E-state index contributed by atoms with van der Waals surface area (Å²) in [6, 6.07) is 12.9. The summed E-state index contributed by atoms with van der Waals surface area (Å²) in [5.41, 5.74) is 6.45. The molecule has 0 aliphatic rings. The van der Waals surface area contributed by atoms with E-state index in [-0.39, 0.29) is 24.1 Å². The highest BCUT2D eigenvalue weighted by Gasteiger charge is 2.12. The third-order valence-electron chi connectivity index (χ3n) is 3.15. The van der Waals surface area contributed by atoms with Crippen molar-refractivity contribution in [1.29, 1.82) is 0 Å². The lowest BCUT2D eigenvalue weighted by atomic mass is 10.2. The molecule has 3 amide bonds. The van der Waals surface area contributed by atoms with Crippen LogP contribution < -0.4 is 11.1 Å². The van der Waals surface area contributed by atoms with Gasteiger partial charge in [-0.15, -0.1) is 11.8 Å². The number of carbonyl (C=O) groups is 2. The highest BCUT2D eigenvalue weighted by molar-refractivity contribution is 8.00. The lowest BCUT2D eigenvalue weighted by Gasteiger charge is -2.19. The number of anilines is 1. The number of hydrogen-bond acceptors (Lipinski definition) is 3. The van der Waals surface area contributed by atoms with E-state index in [0.717, 1.165) is 4.90 Å². The van der Waals surface area contributed by atoms with E-state index >= 15 is 0 Å². The number of rotatable bonds is 6. The summed E-state index contributed by atoms with van der Waals surface area (Å²) in [7, 11) is 1.62. The van der Waals surface area contributed by atoms with E-state index in [4.69, 9.17) is 5.73 Å². The normalized spacial score (nSPS) is 10.2. The largest absolute Gasteiger partial charge is 0.369 e. The monoisotopic (exact) mass is 347 g/mol.